The number of aromatic nitrogens is 1. The zero-order valence-corrected chi connectivity index (χ0v) is 18.9. The van der Waals surface area contributed by atoms with Crippen LogP contribution in [0.15, 0.2) is 67.0 Å². The van der Waals surface area contributed by atoms with E-state index in [0.717, 1.165) is 4.90 Å². The van der Waals surface area contributed by atoms with Crippen LogP contribution in [0.4, 0.5) is 18.9 Å². The van der Waals surface area contributed by atoms with Crippen molar-refractivity contribution < 1.29 is 27.5 Å². The van der Waals surface area contributed by atoms with Gasteiger partial charge in [-0.2, -0.15) is 0 Å². The molecule has 2 aromatic carbocycles. The number of rotatable bonds is 4. The number of nitrogens with zero attached hydrogens (tertiary/aromatic N) is 2. The van der Waals surface area contributed by atoms with Crippen molar-refractivity contribution in [3.05, 3.63) is 88.2 Å². The Morgan fingerprint density at radius 3 is 2.00 bits per heavy atom. The molecule has 2 amide bonds. The fourth-order valence-corrected chi connectivity index (χ4v) is 5.87. The van der Waals surface area contributed by atoms with Gasteiger partial charge in [0.2, 0.25) is 11.8 Å². The van der Waals surface area contributed by atoms with E-state index in [9.17, 15) is 22.8 Å². The number of fused-ring (bicyclic) bond motifs is 1. The second-order valence-corrected chi connectivity index (χ2v) is 9.23. The molecule has 34 heavy (non-hydrogen) atoms. The number of carbonyl (C=O) groups excluding carboxylic acids is 2. The number of benzene rings is 2. The lowest BCUT2D eigenvalue weighted by molar-refractivity contribution is -0.274. The maximum Gasteiger partial charge on any atom is 0.573 e. The molecule has 2 fully saturated rings. The Bertz CT molecular complexity index is 1300. The van der Waals surface area contributed by atoms with Gasteiger partial charge in [0.1, 0.15) is 5.75 Å². The van der Waals surface area contributed by atoms with E-state index < -0.39 is 40.7 Å². The highest BCUT2D eigenvalue weighted by Gasteiger charge is 2.86. The monoisotopic (exact) mass is 506 g/mol. The molecule has 10 heteroatoms. The van der Waals surface area contributed by atoms with Gasteiger partial charge in [-0.15, -0.1) is 13.2 Å². The summed E-state index contributed by atoms with van der Waals surface area (Å²) in [6.45, 7) is 1.69. The quantitative estimate of drug-likeness (QED) is 0.420. The van der Waals surface area contributed by atoms with Crippen LogP contribution in [-0.2, 0) is 15.0 Å². The SMILES string of the molecule is C[C@]12C(=O)N(c3cc(Cl)cc(Cl)c3)C(=O)[C@H]1[C@@]2(c1ccncc1)c1ccc(OC(F)(F)F)cc1. The first kappa shape index (κ1) is 22.7. The van der Waals surface area contributed by atoms with Gasteiger partial charge in [-0.25, -0.2) is 4.90 Å². The molecular weight excluding hydrogens is 492 g/mol. The number of halogens is 5. The Kier molecular flexibility index (Phi) is 4.97. The Hall–Kier alpha value is -3.10. The van der Waals surface area contributed by atoms with Gasteiger partial charge in [0.25, 0.3) is 0 Å². The van der Waals surface area contributed by atoms with Gasteiger partial charge in [-0.05, 0) is 60.5 Å². The molecule has 1 aliphatic carbocycles. The first-order chi connectivity index (χ1) is 16.0. The highest BCUT2D eigenvalue weighted by atomic mass is 35.5. The molecule has 5 nitrogen and oxygen atoms in total. The molecule has 1 saturated heterocycles. The van der Waals surface area contributed by atoms with Gasteiger partial charge in [-0.1, -0.05) is 35.3 Å². The standard InChI is InChI=1S/C24H15Cl2F3N2O3/c1-22-19(20(32)31(21(22)33)17-11-15(25)10-16(26)12-17)23(22,14-6-8-30-9-7-14)13-2-4-18(5-3-13)34-24(27,28)29/h2-12,19H,1H3/t19-,22-,23+/m1/s1. The molecule has 174 valence electrons. The van der Waals surface area contributed by atoms with Crippen LogP contribution >= 0.6 is 23.2 Å². The van der Waals surface area contributed by atoms with Crippen LogP contribution in [0.1, 0.15) is 18.1 Å². The Labute approximate surface area is 202 Å². The summed E-state index contributed by atoms with van der Waals surface area (Å²) >= 11 is 12.2. The normalized spacial score (nSPS) is 25.9. The number of hydrogen-bond acceptors (Lipinski definition) is 4. The van der Waals surface area contributed by atoms with Crippen molar-refractivity contribution in [3.8, 4) is 5.75 Å². The maximum atomic E-state index is 13.7. The molecule has 3 aromatic rings. The molecule has 0 bridgehead atoms. The van der Waals surface area contributed by atoms with Crippen LogP contribution < -0.4 is 9.64 Å². The summed E-state index contributed by atoms with van der Waals surface area (Å²) in [5, 5.41) is 0.545. The van der Waals surface area contributed by atoms with Crippen LogP contribution in [0.3, 0.4) is 0 Å². The first-order valence-electron chi connectivity index (χ1n) is 10.1. The smallest absolute Gasteiger partial charge is 0.406 e. The highest BCUT2D eigenvalue weighted by molar-refractivity contribution is 6.36. The number of alkyl halides is 3. The van der Waals surface area contributed by atoms with Crippen molar-refractivity contribution in [2.75, 3.05) is 4.90 Å². The second-order valence-electron chi connectivity index (χ2n) is 8.36. The maximum absolute atomic E-state index is 13.7. The Morgan fingerprint density at radius 2 is 1.50 bits per heavy atom. The van der Waals surface area contributed by atoms with Crippen molar-refractivity contribution >= 4 is 40.7 Å². The third kappa shape index (κ3) is 3.12. The van der Waals surface area contributed by atoms with Crippen molar-refractivity contribution in [3.63, 3.8) is 0 Å². The number of carbonyl (C=O) groups is 2. The Morgan fingerprint density at radius 1 is 0.941 bits per heavy atom. The van der Waals surface area contributed by atoms with Crippen LogP contribution in [0.2, 0.25) is 10.0 Å². The summed E-state index contributed by atoms with van der Waals surface area (Å²) < 4.78 is 41.8. The topological polar surface area (TPSA) is 59.5 Å². The highest BCUT2D eigenvalue weighted by Crippen LogP contribution is 2.76. The van der Waals surface area contributed by atoms with Crippen LogP contribution in [0, 0.1) is 11.3 Å². The minimum atomic E-state index is -4.84. The molecule has 0 N–H and O–H groups in total. The van der Waals surface area contributed by atoms with Crippen LogP contribution in [-0.4, -0.2) is 23.2 Å². The minimum absolute atomic E-state index is 0.262. The van der Waals surface area contributed by atoms with Crippen molar-refractivity contribution in [2.45, 2.75) is 18.7 Å². The molecule has 1 aliphatic heterocycles. The van der Waals surface area contributed by atoms with E-state index in [4.69, 9.17) is 23.2 Å². The Balaban J connectivity index is 1.61. The largest absolute Gasteiger partial charge is 0.573 e. The molecule has 0 spiro atoms. The molecule has 0 radical (unpaired) electrons. The molecule has 3 atom stereocenters. The van der Waals surface area contributed by atoms with E-state index >= 15 is 0 Å². The van der Waals surface area contributed by atoms with Crippen LogP contribution in [0.25, 0.3) is 0 Å². The number of anilines is 1. The van der Waals surface area contributed by atoms with Gasteiger partial charge in [0.05, 0.1) is 17.0 Å². The van der Waals surface area contributed by atoms with Gasteiger partial charge in [0, 0.05) is 27.9 Å². The fourth-order valence-electron chi connectivity index (χ4n) is 5.35. The lowest BCUT2D eigenvalue weighted by atomic mass is 9.79. The van der Waals surface area contributed by atoms with E-state index in [1.165, 1.54) is 42.5 Å². The first-order valence-corrected chi connectivity index (χ1v) is 10.9. The predicted molar refractivity (Wildman–Crippen MR) is 119 cm³/mol. The van der Waals surface area contributed by atoms with Crippen molar-refractivity contribution in [1.29, 1.82) is 0 Å². The third-order valence-electron chi connectivity index (χ3n) is 6.65. The molecule has 1 saturated carbocycles. The van der Waals surface area contributed by atoms with Crippen LogP contribution in [0.5, 0.6) is 5.75 Å². The van der Waals surface area contributed by atoms with E-state index in [0.29, 0.717) is 11.1 Å². The van der Waals surface area contributed by atoms with Gasteiger partial charge < -0.3 is 4.74 Å². The number of piperidine rings is 1. The fraction of sp³-hybridized carbons (Fsp3) is 0.208. The number of amides is 2. The summed E-state index contributed by atoms with van der Waals surface area (Å²) in [5.41, 5.74) is -0.832. The summed E-state index contributed by atoms with van der Waals surface area (Å²) in [6, 6.07) is 13.1. The summed E-state index contributed by atoms with van der Waals surface area (Å²) in [5.74, 6) is -2.08. The summed E-state index contributed by atoms with van der Waals surface area (Å²) in [6.07, 6.45) is -1.75. The number of pyridine rings is 1. The zero-order chi connectivity index (χ0) is 24.5. The van der Waals surface area contributed by atoms with E-state index in [-0.39, 0.29) is 15.7 Å². The minimum Gasteiger partial charge on any atom is -0.406 e. The number of imide groups is 1. The molecule has 1 aromatic heterocycles. The van der Waals surface area contributed by atoms with E-state index in [2.05, 4.69) is 9.72 Å². The van der Waals surface area contributed by atoms with Crippen molar-refractivity contribution in [1.82, 2.24) is 4.98 Å². The lowest BCUT2D eigenvalue weighted by Gasteiger charge is -2.29. The summed E-state index contributed by atoms with van der Waals surface area (Å²) in [4.78, 5) is 32.5. The molecule has 0 unspecified atom stereocenters. The molecule has 2 heterocycles. The van der Waals surface area contributed by atoms with Gasteiger partial charge in [0.15, 0.2) is 0 Å². The predicted octanol–water partition coefficient (Wildman–Crippen LogP) is 5.78. The third-order valence-corrected chi connectivity index (χ3v) is 7.08. The number of hydrogen-bond donors (Lipinski definition) is 0. The summed E-state index contributed by atoms with van der Waals surface area (Å²) in [7, 11) is 0. The van der Waals surface area contributed by atoms with Gasteiger partial charge >= 0.3 is 6.36 Å². The van der Waals surface area contributed by atoms with E-state index in [1.54, 1.807) is 31.5 Å². The second kappa shape index (κ2) is 7.45. The van der Waals surface area contributed by atoms with E-state index in [1.807, 2.05) is 0 Å². The average molecular weight is 507 g/mol. The van der Waals surface area contributed by atoms with Crippen molar-refractivity contribution in [2.24, 2.45) is 11.3 Å². The molecular formula is C24H15Cl2F3N2O3. The molecule has 2 aliphatic rings. The average Bonchev–Trinajstić information content (AvgIpc) is 3.28. The van der Waals surface area contributed by atoms with Gasteiger partial charge in [-0.3, -0.25) is 14.6 Å². The zero-order valence-electron chi connectivity index (χ0n) is 17.4. The number of ether oxygens (including phenoxy) is 1. The molecule has 5 rings (SSSR count). The lowest BCUT2D eigenvalue weighted by Crippen LogP contribution is -2.42.